The number of halogens is 1. The van der Waals surface area contributed by atoms with Gasteiger partial charge in [-0.05, 0) is 30.3 Å². The molecule has 0 radical (unpaired) electrons. The normalized spacial score (nSPS) is 11.2. The molecule has 3 N–H and O–H groups in total. The van der Waals surface area contributed by atoms with Gasteiger partial charge in [0.2, 0.25) is 5.96 Å². The Morgan fingerprint density at radius 3 is 2.73 bits per heavy atom. The summed E-state index contributed by atoms with van der Waals surface area (Å²) < 4.78 is 0. The van der Waals surface area contributed by atoms with Crippen LogP contribution in [0, 0.1) is 0 Å². The maximum atomic E-state index is 12.5. The van der Waals surface area contributed by atoms with Crippen LogP contribution in [0.3, 0.4) is 0 Å². The number of imidazole rings is 1. The van der Waals surface area contributed by atoms with E-state index in [2.05, 4.69) is 25.6 Å². The lowest BCUT2D eigenvalue weighted by Crippen LogP contribution is -2.36. The Morgan fingerprint density at radius 2 is 2.00 bits per heavy atom. The first-order valence-corrected chi connectivity index (χ1v) is 8.49. The predicted molar refractivity (Wildman–Crippen MR) is 104 cm³/mol. The zero-order valence-electron chi connectivity index (χ0n) is 13.9. The predicted octanol–water partition coefficient (Wildman–Crippen LogP) is 3.50. The van der Waals surface area contributed by atoms with Gasteiger partial charge in [-0.25, -0.2) is 4.98 Å². The fraction of sp³-hybridized carbons (Fsp3) is 0.105. The van der Waals surface area contributed by atoms with E-state index in [-0.39, 0.29) is 5.91 Å². The van der Waals surface area contributed by atoms with Crippen molar-refractivity contribution in [3.63, 3.8) is 0 Å². The maximum Gasteiger partial charge on any atom is 0.258 e. The molecule has 0 aliphatic heterocycles. The van der Waals surface area contributed by atoms with Crippen LogP contribution < -0.4 is 10.6 Å². The molecule has 1 heterocycles. The van der Waals surface area contributed by atoms with Crippen LogP contribution in [0.5, 0.6) is 0 Å². The van der Waals surface area contributed by atoms with Gasteiger partial charge in [-0.3, -0.25) is 15.1 Å². The molecule has 1 aromatic heterocycles. The molecule has 132 valence electrons. The highest BCUT2D eigenvalue weighted by atomic mass is 35.5. The van der Waals surface area contributed by atoms with Crippen molar-refractivity contribution < 1.29 is 4.79 Å². The Labute approximate surface area is 156 Å². The number of H-pyrrole nitrogens is 1. The number of hydrogen-bond acceptors (Lipinski definition) is 3. The van der Waals surface area contributed by atoms with Crippen molar-refractivity contribution in [2.45, 2.75) is 6.42 Å². The van der Waals surface area contributed by atoms with Gasteiger partial charge in [0.25, 0.3) is 5.91 Å². The summed E-state index contributed by atoms with van der Waals surface area (Å²) in [5.74, 6) is 0.0944. The van der Waals surface area contributed by atoms with Gasteiger partial charge in [0.1, 0.15) is 0 Å². The van der Waals surface area contributed by atoms with Gasteiger partial charge in [0.15, 0.2) is 0 Å². The number of guanidine groups is 1. The largest absolute Gasteiger partial charge is 0.348 e. The van der Waals surface area contributed by atoms with Crippen molar-refractivity contribution >= 4 is 29.2 Å². The van der Waals surface area contributed by atoms with Crippen molar-refractivity contribution in [2.24, 2.45) is 4.99 Å². The van der Waals surface area contributed by atoms with Gasteiger partial charge in [-0.1, -0.05) is 35.9 Å². The lowest BCUT2D eigenvalue weighted by molar-refractivity contribution is 0.0977. The second kappa shape index (κ2) is 8.82. The Morgan fingerprint density at radius 1 is 1.15 bits per heavy atom. The molecule has 26 heavy (non-hydrogen) atoms. The van der Waals surface area contributed by atoms with Crippen molar-refractivity contribution in [3.8, 4) is 0 Å². The van der Waals surface area contributed by atoms with Crippen LogP contribution >= 0.6 is 11.6 Å². The molecule has 0 atom stereocenters. The molecule has 2 aromatic carbocycles. The van der Waals surface area contributed by atoms with Crippen molar-refractivity contribution in [3.05, 3.63) is 83.4 Å². The lowest BCUT2D eigenvalue weighted by atomic mass is 10.2. The van der Waals surface area contributed by atoms with E-state index >= 15 is 0 Å². The Bertz CT molecular complexity index is 878. The summed E-state index contributed by atoms with van der Waals surface area (Å²) in [5.41, 5.74) is 2.28. The number of aromatic amines is 1. The van der Waals surface area contributed by atoms with E-state index in [0.29, 0.717) is 29.5 Å². The van der Waals surface area contributed by atoms with Crippen LogP contribution in [-0.4, -0.2) is 28.4 Å². The van der Waals surface area contributed by atoms with E-state index < -0.39 is 0 Å². The van der Waals surface area contributed by atoms with Gasteiger partial charge in [0.05, 0.1) is 6.33 Å². The van der Waals surface area contributed by atoms with Crippen molar-refractivity contribution in [1.29, 1.82) is 0 Å². The summed E-state index contributed by atoms with van der Waals surface area (Å²) in [6.07, 6.45) is 4.07. The average molecular weight is 368 g/mol. The number of aromatic nitrogens is 2. The molecule has 0 fully saturated rings. The molecule has 1 amide bonds. The first kappa shape index (κ1) is 17.7. The third-order valence-corrected chi connectivity index (χ3v) is 3.80. The molecule has 3 aromatic rings. The van der Waals surface area contributed by atoms with Crippen LogP contribution in [0.15, 0.2) is 72.1 Å². The Hall–Kier alpha value is -3.12. The highest BCUT2D eigenvalue weighted by Crippen LogP contribution is 2.11. The molecule has 0 aliphatic carbocycles. The molecule has 0 unspecified atom stereocenters. The molecule has 7 heteroatoms. The summed E-state index contributed by atoms with van der Waals surface area (Å²) in [4.78, 5) is 24.0. The van der Waals surface area contributed by atoms with Crippen LogP contribution in [-0.2, 0) is 6.42 Å². The Balaban J connectivity index is 1.72. The van der Waals surface area contributed by atoms with Gasteiger partial charge in [-0.2, -0.15) is 0 Å². The van der Waals surface area contributed by atoms with Gasteiger partial charge in [0, 0.05) is 41.1 Å². The monoisotopic (exact) mass is 367 g/mol. The van der Waals surface area contributed by atoms with E-state index in [0.717, 1.165) is 11.4 Å². The fourth-order valence-electron chi connectivity index (χ4n) is 2.29. The number of para-hydroxylation sites is 1. The summed E-state index contributed by atoms with van der Waals surface area (Å²) in [6.45, 7) is 0.493. The number of hydrogen-bond donors (Lipinski definition) is 3. The number of anilines is 1. The highest BCUT2D eigenvalue weighted by molar-refractivity contribution is 6.31. The molecule has 6 nitrogen and oxygen atoms in total. The van der Waals surface area contributed by atoms with Crippen LogP contribution in [0.1, 0.15) is 16.1 Å². The maximum absolute atomic E-state index is 12.5. The molecular weight excluding hydrogens is 350 g/mol. The van der Waals surface area contributed by atoms with E-state index in [1.807, 2.05) is 30.3 Å². The molecule has 0 aliphatic rings. The van der Waals surface area contributed by atoms with E-state index in [4.69, 9.17) is 11.6 Å². The topological polar surface area (TPSA) is 82.2 Å². The SMILES string of the molecule is O=C(NC(=NCCc1cnc[nH]1)Nc1ccccc1)c1cccc(Cl)c1. The van der Waals surface area contributed by atoms with E-state index in [1.165, 1.54) is 0 Å². The smallest absolute Gasteiger partial charge is 0.258 e. The van der Waals surface area contributed by atoms with Crippen molar-refractivity contribution in [1.82, 2.24) is 15.3 Å². The number of nitrogens with zero attached hydrogens (tertiary/aromatic N) is 2. The second-order valence-corrected chi connectivity index (χ2v) is 5.95. The summed E-state index contributed by atoms with van der Waals surface area (Å²) >= 11 is 5.96. The number of rotatable bonds is 5. The minimum atomic E-state index is -0.281. The van der Waals surface area contributed by atoms with E-state index in [9.17, 15) is 4.79 Å². The summed E-state index contributed by atoms with van der Waals surface area (Å²) in [7, 11) is 0. The number of carbonyl (C=O) groups is 1. The fourth-order valence-corrected chi connectivity index (χ4v) is 2.48. The minimum absolute atomic E-state index is 0.281. The first-order valence-electron chi connectivity index (χ1n) is 8.11. The molecule has 0 spiro atoms. The molecule has 0 saturated heterocycles. The number of benzene rings is 2. The average Bonchev–Trinajstić information content (AvgIpc) is 3.16. The highest BCUT2D eigenvalue weighted by Gasteiger charge is 2.10. The van der Waals surface area contributed by atoms with Gasteiger partial charge in [-0.15, -0.1) is 0 Å². The number of carbonyl (C=O) groups excluding carboxylic acids is 1. The third-order valence-electron chi connectivity index (χ3n) is 3.56. The number of aliphatic imine (C=N–C) groups is 1. The van der Waals surface area contributed by atoms with Gasteiger partial charge >= 0.3 is 0 Å². The third kappa shape index (κ3) is 5.19. The van der Waals surface area contributed by atoms with Crippen molar-refractivity contribution in [2.75, 3.05) is 11.9 Å². The zero-order chi connectivity index (χ0) is 18.2. The minimum Gasteiger partial charge on any atom is -0.348 e. The second-order valence-electron chi connectivity index (χ2n) is 5.51. The first-order chi connectivity index (χ1) is 12.7. The molecule has 0 saturated carbocycles. The summed E-state index contributed by atoms with van der Waals surface area (Å²) in [6, 6.07) is 16.3. The molecule has 3 rings (SSSR count). The Kier molecular flexibility index (Phi) is 6.01. The summed E-state index contributed by atoms with van der Waals surface area (Å²) in [5, 5.41) is 6.44. The molecule has 0 bridgehead atoms. The lowest BCUT2D eigenvalue weighted by Gasteiger charge is -2.12. The standard InChI is InChI=1S/C19H18ClN5O/c20-15-6-4-5-14(11-15)18(26)25-19(24-16-7-2-1-3-8-16)22-10-9-17-12-21-13-23-17/h1-8,11-13H,9-10H2,(H,21,23)(H2,22,24,25,26). The van der Waals surface area contributed by atoms with Gasteiger partial charge < -0.3 is 10.3 Å². The van der Waals surface area contributed by atoms with E-state index in [1.54, 1.807) is 36.8 Å². The number of nitrogens with one attached hydrogen (secondary N) is 3. The quantitative estimate of drug-likeness (QED) is 0.476. The van der Waals surface area contributed by atoms with Crippen LogP contribution in [0.25, 0.3) is 0 Å². The van der Waals surface area contributed by atoms with Crippen LogP contribution in [0.2, 0.25) is 5.02 Å². The zero-order valence-corrected chi connectivity index (χ0v) is 14.7. The molecular formula is C19H18ClN5O. The van der Waals surface area contributed by atoms with Crippen LogP contribution in [0.4, 0.5) is 5.69 Å². The number of amides is 1.